The Kier molecular flexibility index (Phi) is 2.93. The molecule has 0 saturated carbocycles. The lowest BCUT2D eigenvalue weighted by Crippen LogP contribution is -1.95. The molecule has 1 radical (unpaired) electrons. The Morgan fingerprint density at radius 1 is 1.00 bits per heavy atom. The van der Waals surface area contributed by atoms with Gasteiger partial charge in [-0.1, -0.05) is 17.4 Å². The number of anilines is 2. The maximum Gasteiger partial charge on any atom is 0.228 e. The number of thiazole rings is 1. The molecule has 1 N–H and O–H groups in total. The highest BCUT2D eigenvalue weighted by Gasteiger charge is 2.06. The van der Waals surface area contributed by atoms with Gasteiger partial charge in [-0.3, -0.25) is 4.98 Å². The summed E-state index contributed by atoms with van der Waals surface area (Å²) in [7, 11) is 0. The van der Waals surface area contributed by atoms with Crippen LogP contribution in [0, 0.1) is 5.38 Å². The Morgan fingerprint density at radius 2 is 1.83 bits per heavy atom. The molecule has 0 aromatic carbocycles. The van der Waals surface area contributed by atoms with Crippen molar-refractivity contribution >= 4 is 22.4 Å². The smallest absolute Gasteiger partial charge is 0.228 e. The second kappa shape index (κ2) is 4.89. The first-order valence-corrected chi connectivity index (χ1v) is 6.07. The van der Waals surface area contributed by atoms with E-state index in [1.165, 1.54) is 11.3 Å². The minimum absolute atomic E-state index is 0.521. The lowest BCUT2D eigenvalue weighted by Gasteiger charge is -1.98. The number of pyridine rings is 1. The van der Waals surface area contributed by atoms with Crippen molar-refractivity contribution < 1.29 is 0 Å². The molecule has 3 rings (SSSR count). The van der Waals surface area contributed by atoms with Gasteiger partial charge in [0, 0.05) is 18.6 Å². The van der Waals surface area contributed by atoms with Gasteiger partial charge in [-0.2, -0.15) is 0 Å². The molecule has 0 saturated heterocycles. The first-order chi connectivity index (χ1) is 8.92. The van der Waals surface area contributed by atoms with E-state index in [9.17, 15) is 0 Å². The van der Waals surface area contributed by atoms with Gasteiger partial charge in [0.15, 0.2) is 5.13 Å². The molecule has 5 nitrogen and oxygen atoms in total. The lowest BCUT2D eigenvalue weighted by atomic mass is 10.3. The van der Waals surface area contributed by atoms with E-state index in [0.717, 1.165) is 11.4 Å². The third-order valence-corrected chi connectivity index (χ3v) is 2.83. The van der Waals surface area contributed by atoms with Crippen LogP contribution in [0.4, 0.5) is 11.1 Å². The molecule has 3 aromatic heterocycles. The lowest BCUT2D eigenvalue weighted by molar-refractivity contribution is 1.16. The van der Waals surface area contributed by atoms with Crippen LogP contribution in [-0.2, 0) is 0 Å². The quantitative estimate of drug-likeness (QED) is 0.778. The third kappa shape index (κ3) is 2.33. The second-order valence-electron chi connectivity index (χ2n) is 3.38. The maximum absolute atomic E-state index is 4.39. The molecule has 0 aliphatic carbocycles. The summed E-state index contributed by atoms with van der Waals surface area (Å²) in [4.78, 5) is 16.8. The minimum Gasteiger partial charge on any atom is -0.300 e. The minimum atomic E-state index is 0.521. The fourth-order valence-electron chi connectivity index (χ4n) is 1.37. The van der Waals surface area contributed by atoms with E-state index in [-0.39, 0.29) is 0 Å². The molecule has 0 atom stereocenters. The molecule has 3 heterocycles. The van der Waals surface area contributed by atoms with Crippen LogP contribution < -0.4 is 5.32 Å². The highest BCUT2D eigenvalue weighted by molar-refractivity contribution is 7.13. The Balaban J connectivity index is 1.82. The fourth-order valence-corrected chi connectivity index (χ4v) is 1.99. The molecule has 0 amide bonds. The van der Waals surface area contributed by atoms with Gasteiger partial charge in [-0.25, -0.2) is 15.0 Å². The summed E-state index contributed by atoms with van der Waals surface area (Å²) >= 11 is 1.37. The first-order valence-electron chi connectivity index (χ1n) is 5.26. The standard InChI is InChI=1S/C12H8N5S/c1-2-5-13-9(4-1)10-8-18-12(16-10)17-11-14-6-3-7-15-11/h1-7H,(H,14,15,16,17). The number of rotatable bonds is 3. The van der Waals surface area contributed by atoms with Gasteiger partial charge < -0.3 is 5.32 Å². The summed E-state index contributed by atoms with van der Waals surface area (Å²) in [5.74, 6) is 0.521. The van der Waals surface area contributed by atoms with E-state index in [4.69, 9.17) is 0 Å². The number of nitrogens with one attached hydrogen (secondary N) is 1. The largest absolute Gasteiger partial charge is 0.300 e. The van der Waals surface area contributed by atoms with Crippen LogP contribution in [0.2, 0.25) is 0 Å². The molecule has 0 spiro atoms. The number of hydrogen-bond acceptors (Lipinski definition) is 6. The van der Waals surface area contributed by atoms with Crippen LogP contribution in [0.1, 0.15) is 0 Å². The van der Waals surface area contributed by atoms with Crippen molar-refractivity contribution in [3.05, 3.63) is 48.2 Å². The third-order valence-electron chi connectivity index (χ3n) is 2.15. The average molecular weight is 254 g/mol. The van der Waals surface area contributed by atoms with Crippen molar-refractivity contribution in [2.75, 3.05) is 5.32 Å². The zero-order valence-corrected chi connectivity index (χ0v) is 10.1. The molecular weight excluding hydrogens is 246 g/mol. The topological polar surface area (TPSA) is 63.6 Å². The van der Waals surface area contributed by atoms with Crippen LogP contribution in [0.25, 0.3) is 11.4 Å². The molecular formula is C12H8N5S. The number of aromatic nitrogens is 4. The average Bonchev–Trinajstić information content (AvgIpc) is 2.89. The van der Waals surface area contributed by atoms with E-state index >= 15 is 0 Å². The maximum atomic E-state index is 4.39. The van der Waals surface area contributed by atoms with Crippen molar-refractivity contribution in [2.45, 2.75) is 0 Å². The molecule has 0 aliphatic rings. The normalized spacial score (nSPS) is 10.2. The molecule has 0 fully saturated rings. The Hall–Kier alpha value is -2.34. The van der Waals surface area contributed by atoms with Crippen molar-refractivity contribution in [2.24, 2.45) is 0 Å². The van der Waals surface area contributed by atoms with E-state index in [1.807, 2.05) is 18.2 Å². The molecule has 0 bridgehead atoms. The van der Waals surface area contributed by atoms with Gasteiger partial charge in [-0.05, 0) is 18.2 Å². The van der Waals surface area contributed by atoms with E-state index in [0.29, 0.717) is 11.1 Å². The van der Waals surface area contributed by atoms with E-state index in [1.54, 1.807) is 24.7 Å². The zero-order valence-electron chi connectivity index (χ0n) is 9.24. The Bertz CT molecular complexity index is 623. The van der Waals surface area contributed by atoms with E-state index < -0.39 is 0 Å². The van der Waals surface area contributed by atoms with Gasteiger partial charge in [0.2, 0.25) is 5.95 Å². The SMILES string of the molecule is [c]1sc(Nc2ncccn2)nc1-c1ccccn1. The van der Waals surface area contributed by atoms with Crippen LogP contribution in [-0.4, -0.2) is 19.9 Å². The summed E-state index contributed by atoms with van der Waals surface area (Å²) in [5.41, 5.74) is 1.52. The van der Waals surface area contributed by atoms with Crippen molar-refractivity contribution in [1.82, 2.24) is 19.9 Å². The van der Waals surface area contributed by atoms with Gasteiger partial charge in [0.1, 0.15) is 5.69 Å². The molecule has 6 heteroatoms. The molecule has 0 aliphatic heterocycles. The molecule has 0 unspecified atom stereocenters. The second-order valence-corrected chi connectivity index (χ2v) is 4.18. The molecule has 18 heavy (non-hydrogen) atoms. The number of hydrogen-bond donors (Lipinski definition) is 1. The highest BCUT2D eigenvalue weighted by Crippen LogP contribution is 2.23. The monoisotopic (exact) mass is 254 g/mol. The summed E-state index contributed by atoms with van der Waals surface area (Å²) in [6.45, 7) is 0. The molecule has 3 aromatic rings. The van der Waals surface area contributed by atoms with Gasteiger partial charge in [-0.15, -0.1) is 0 Å². The fraction of sp³-hybridized carbons (Fsp3) is 0. The molecule has 87 valence electrons. The van der Waals surface area contributed by atoms with Gasteiger partial charge >= 0.3 is 0 Å². The van der Waals surface area contributed by atoms with Crippen LogP contribution in [0.3, 0.4) is 0 Å². The van der Waals surface area contributed by atoms with E-state index in [2.05, 4.69) is 30.6 Å². The number of nitrogens with zero attached hydrogens (tertiary/aromatic N) is 4. The summed E-state index contributed by atoms with van der Waals surface area (Å²) in [6, 6.07) is 7.45. The Morgan fingerprint density at radius 3 is 2.61 bits per heavy atom. The van der Waals surface area contributed by atoms with Gasteiger partial charge in [0.05, 0.1) is 11.1 Å². The zero-order chi connectivity index (χ0) is 12.2. The van der Waals surface area contributed by atoms with Crippen LogP contribution in [0.5, 0.6) is 0 Å². The van der Waals surface area contributed by atoms with Gasteiger partial charge in [0.25, 0.3) is 0 Å². The summed E-state index contributed by atoms with van der Waals surface area (Å²) < 4.78 is 0. The van der Waals surface area contributed by atoms with Crippen LogP contribution >= 0.6 is 11.3 Å². The predicted octanol–water partition coefficient (Wildman–Crippen LogP) is 2.54. The predicted molar refractivity (Wildman–Crippen MR) is 69.5 cm³/mol. The van der Waals surface area contributed by atoms with Crippen molar-refractivity contribution in [3.63, 3.8) is 0 Å². The van der Waals surface area contributed by atoms with Crippen molar-refractivity contribution in [3.8, 4) is 11.4 Å². The highest BCUT2D eigenvalue weighted by atomic mass is 32.1. The Labute approximate surface area is 108 Å². The van der Waals surface area contributed by atoms with Crippen molar-refractivity contribution in [1.29, 1.82) is 0 Å². The first kappa shape index (κ1) is 10.8. The van der Waals surface area contributed by atoms with Crippen LogP contribution in [0.15, 0.2) is 42.9 Å². The summed E-state index contributed by atoms with van der Waals surface area (Å²) in [6.07, 6.45) is 5.08. The summed E-state index contributed by atoms with van der Waals surface area (Å²) in [5, 5.41) is 6.81.